The molecule has 0 saturated heterocycles. The highest BCUT2D eigenvalue weighted by Crippen LogP contribution is 2.44. The van der Waals surface area contributed by atoms with E-state index in [4.69, 9.17) is 4.43 Å². The van der Waals surface area contributed by atoms with E-state index < -0.39 is 0 Å². The van der Waals surface area contributed by atoms with Crippen LogP contribution in [-0.4, -0.2) is 16.1 Å². The Morgan fingerprint density at radius 3 is 1.77 bits per heavy atom. The van der Waals surface area contributed by atoms with Crippen LogP contribution in [0.3, 0.4) is 0 Å². The first-order valence-electron chi connectivity index (χ1n) is 5.54. The third-order valence-corrected chi connectivity index (χ3v) is 4.89. The zero-order chi connectivity index (χ0) is 10.5. The first kappa shape index (κ1) is 13.2. The lowest BCUT2D eigenvalue weighted by molar-refractivity contribution is -0.0405. The van der Waals surface area contributed by atoms with E-state index in [9.17, 15) is 0 Å². The summed E-state index contributed by atoms with van der Waals surface area (Å²) in [6.07, 6.45) is 5.00. The highest BCUT2D eigenvalue weighted by atomic mass is 28.2. The van der Waals surface area contributed by atoms with Crippen LogP contribution in [0.4, 0.5) is 0 Å². The van der Waals surface area contributed by atoms with Gasteiger partial charge in [-0.2, -0.15) is 0 Å². The smallest absolute Gasteiger partial charge is 0.146 e. The van der Waals surface area contributed by atoms with Crippen LogP contribution in [0.5, 0.6) is 0 Å². The Bertz CT molecular complexity index is 139. The summed E-state index contributed by atoms with van der Waals surface area (Å²) >= 11 is 0. The molecule has 0 saturated carbocycles. The summed E-state index contributed by atoms with van der Waals surface area (Å²) < 4.78 is 5.78. The molecule has 2 heteroatoms. The predicted molar refractivity (Wildman–Crippen MR) is 63.0 cm³/mol. The summed E-state index contributed by atoms with van der Waals surface area (Å²) in [5.41, 5.74) is 0.461. The normalized spacial score (nSPS) is 13.6. The molecule has 1 nitrogen and oxygen atoms in total. The van der Waals surface area contributed by atoms with Gasteiger partial charge in [-0.1, -0.05) is 27.2 Å². The van der Waals surface area contributed by atoms with E-state index in [1.807, 2.05) is 0 Å². The molecule has 0 radical (unpaired) electrons. The molecule has 0 aliphatic heterocycles. The van der Waals surface area contributed by atoms with Crippen molar-refractivity contribution in [2.45, 2.75) is 65.9 Å². The van der Waals surface area contributed by atoms with E-state index in [1.54, 1.807) is 0 Å². The van der Waals surface area contributed by atoms with Crippen molar-refractivity contribution in [3.63, 3.8) is 0 Å². The summed E-state index contributed by atoms with van der Waals surface area (Å²) in [5.74, 6) is 0. The fraction of sp³-hybridized carbons (Fsp3) is 1.00. The fourth-order valence-electron chi connectivity index (χ4n) is 2.45. The first-order chi connectivity index (χ1) is 5.99. The van der Waals surface area contributed by atoms with E-state index in [0.29, 0.717) is 5.41 Å². The Morgan fingerprint density at radius 2 is 1.54 bits per heavy atom. The molecule has 0 aliphatic rings. The average molecular weight is 202 g/mol. The van der Waals surface area contributed by atoms with Crippen molar-refractivity contribution >= 4 is 10.5 Å². The average Bonchev–Trinajstić information content (AvgIpc) is 2.14. The standard InChI is InChI=1S/C11H26OSi/c1-6-9-11(7-2,8-3)10(4,5)12-13/h6-9H2,1-5,13H3. The van der Waals surface area contributed by atoms with Gasteiger partial charge in [-0.25, -0.2) is 0 Å². The molecular formula is C11H26OSi. The molecule has 0 fully saturated rings. The van der Waals surface area contributed by atoms with Crippen LogP contribution in [0.15, 0.2) is 0 Å². The van der Waals surface area contributed by atoms with Crippen molar-refractivity contribution in [3.05, 3.63) is 0 Å². The minimum atomic E-state index is 0.0682. The van der Waals surface area contributed by atoms with Gasteiger partial charge in [0.15, 0.2) is 0 Å². The quantitative estimate of drug-likeness (QED) is 0.602. The maximum Gasteiger partial charge on any atom is 0.146 e. The van der Waals surface area contributed by atoms with Gasteiger partial charge >= 0.3 is 0 Å². The van der Waals surface area contributed by atoms with Crippen LogP contribution in [0.1, 0.15) is 60.3 Å². The topological polar surface area (TPSA) is 9.23 Å². The molecule has 0 heterocycles. The summed E-state index contributed by atoms with van der Waals surface area (Å²) in [6, 6.07) is 0. The number of hydrogen-bond donors (Lipinski definition) is 0. The lowest BCUT2D eigenvalue weighted by Gasteiger charge is -2.46. The van der Waals surface area contributed by atoms with Crippen molar-refractivity contribution < 1.29 is 4.43 Å². The maximum atomic E-state index is 5.78. The van der Waals surface area contributed by atoms with E-state index in [0.717, 1.165) is 10.5 Å². The molecule has 0 spiro atoms. The van der Waals surface area contributed by atoms with Gasteiger partial charge in [-0.05, 0) is 38.5 Å². The summed E-state index contributed by atoms with van der Waals surface area (Å²) in [6.45, 7) is 11.4. The van der Waals surface area contributed by atoms with Gasteiger partial charge in [-0.3, -0.25) is 0 Å². The van der Waals surface area contributed by atoms with Crippen LogP contribution in [0, 0.1) is 5.41 Å². The van der Waals surface area contributed by atoms with Crippen LogP contribution < -0.4 is 0 Å². The van der Waals surface area contributed by atoms with Crippen molar-refractivity contribution in [2.75, 3.05) is 0 Å². The highest BCUT2D eigenvalue weighted by Gasteiger charge is 2.40. The molecule has 13 heavy (non-hydrogen) atoms. The predicted octanol–water partition coefficient (Wildman–Crippen LogP) is 2.67. The van der Waals surface area contributed by atoms with Crippen LogP contribution in [-0.2, 0) is 4.43 Å². The SMILES string of the molecule is CCCC(CC)(CC)C(C)(C)O[SiH3]. The monoisotopic (exact) mass is 202 g/mol. The van der Waals surface area contributed by atoms with Crippen molar-refractivity contribution in [3.8, 4) is 0 Å². The van der Waals surface area contributed by atoms with Gasteiger partial charge in [0.05, 0.1) is 5.60 Å². The van der Waals surface area contributed by atoms with Gasteiger partial charge in [0.2, 0.25) is 0 Å². The summed E-state index contributed by atoms with van der Waals surface area (Å²) in [5, 5.41) is 0. The summed E-state index contributed by atoms with van der Waals surface area (Å²) in [4.78, 5) is 0. The van der Waals surface area contributed by atoms with E-state index >= 15 is 0 Å². The molecule has 0 rings (SSSR count). The Hall–Kier alpha value is 0.177. The minimum Gasteiger partial charge on any atom is -0.422 e. The minimum absolute atomic E-state index is 0.0682. The Labute approximate surface area is 86.8 Å². The molecule has 0 aromatic rings. The molecule has 80 valence electrons. The summed E-state index contributed by atoms with van der Waals surface area (Å²) in [7, 11) is 0.844. The van der Waals surface area contributed by atoms with E-state index in [-0.39, 0.29) is 5.60 Å². The molecule has 0 aromatic carbocycles. The molecule has 0 unspecified atom stereocenters. The highest BCUT2D eigenvalue weighted by molar-refractivity contribution is 5.98. The molecule has 0 bridgehead atoms. The van der Waals surface area contributed by atoms with Crippen LogP contribution in [0.2, 0.25) is 0 Å². The maximum absolute atomic E-state index is 5.78. The molecule has 0 N–H and O–H groups in total. The van der Waals surface area contributed by atoms with Gasteiger partial charge in [0, 0.05) is 0 Å². The molecule has 0 amide bonds. The third-order valence-electron chi connectivity index (χ3n) is 3.87. The lowest BCUT2D eigenvalue weighted by Crippen LogP contribution is -2.44. The van der Waals surface area contributed by atoms with E-state index in [1.165, 1.54) is 25.7 Å². The Morgan fingerprint density at radius 1 is 1.08 bits per heavy atom. The first-order valence-corrected chi connectivity index (χ1v) is 6.36. The molecule has 0 aliphatic carbocycles. The van der Waals surface area contributed by atoms with Gasteiger partial charge in [0.1, 0.15) is 10.5 Å². The fourth-order valence-corrected chi connectivity index (χ4v) is 2.88. The lowest BCUT2D eigenvalue weighted by atomic mass is 9.67. The van der Waals surface area contributed by atoms with Crippen molar-refractivity contribution in [1.82, 2.24) is 0 Å². The third kappa shape index (κ3) is 2.56. The number of rotatable bonds is 6. The zero-order valence-electron chi connectivity index (χ0n) is 10.2. The molecule has 0 aromatic heterocycles. The van der Waals surface area contributed by atoms with Crippen molar-refractivity contribution in [2.24, 2.45) is 5.41 Å². The Kier molecular flexibility index (Phi) is 5.23. The van der Waals surface area contributed by atoms with Crippen molar-refractivity contribution in [1.29, 1.82) is 0 Å². The van der Waals surface area contributed by atoms with Crippen LogP contribution >= 0.6 is 0 Å². The second-order valence-corrected chi connectivity index (χ2v) is 4.86. The Balaban J connectivity index is 4.73. The van der Waals surface area contributed by atoms with E-state index in [2.05, 4.69) is 34.6 Å². The van der Waals surface area contributed by atoms with Gasteiger partial charge in [0.25, 0.3) is 0 Å². The second kappa shape index (κ2) is 5.16. The van der Waals surface area contributed by atoms with Gasteiger partial charge < -0.3 is 4.43 Å². The van der Waals surface area contributed by atoms with Gasteiger partial charge in [-0.15, -0.1) is 0 Å². The number of hydrogen-bond acceptors (Lipinski definition) is 1. The molecular weight excluding hydrogens is 176 g/mol. The molecule has 0 atom stereocenters. The zero-order valence-corrected chi connectivity index (χ0v) is 12.2. The second-order valence-electron chi connectivity index (χ2n) is 4.45. The largest absolute Gasteiger partial charge is 0.422 e. The van der Waals surface area contributed by atoms with Crippen LogP contribution in [0.25, 0.3) is 0 Å².